The maximum Gasteiger partial charge on any atom is 0.277 e. The first kappa shape index (κ1) is 14.3. The van der Waals surface area contributed by atoms with E-state index in [1.54, 1.807) is 19.1 Å². The minimum absolute atomic E-state index is 0.00865. The molecule has 0 fully saturated rings. The highest BCUT2D eigenvalue weighted by Gasteiger charge is 2.20. The van der Waals surface area contributed by atoms with E-state index < -0.39 is 4.92 Å². The highest BCUT2D eigenvalue weighted by molar-refractivity contribution is 9.10. The van der Waals surface area contributed by atoms with Gasteiger partial charge in [-0.2, -0.15) is 0 Å². The minimum Gasteiger partial charge on any atom is -0.480 e. The van der Waals surface area contributed by atoms with Crippen molar-refractivity contribution in [2.75, 3.05) is 12.8 Å². The van der Waals surface area contributed by atoms with Gasteiger partial charge in [0.25, 0.3) is 5.69 Å². The van der Waals surface area contributed by atoms with Crippen LogP contribution in [-0.4, -0.2) is 17.0 Å². The fourth-order valence-electron chi connectivity index (χ4n) is 1.88. The van der Waals surface area contributed by atoms with Crippen LogP contribution in [0.1, 0.15) is 5.56 Å². The number of nitro groups is 1. The van der Waals surface area contributed by atoms with Gasteiger partial charge in [-0.15, -0.1) is 0 Å². The Morgan fingerprint density at radius 1 is 1.40 bits per heavy atom. The first-order valence-corrected chi connectivity index (χ1v) is 6.48. The number of halogens is 1. The molecule has 0 saturated heterocycles. The molecule has 0 saturated carbocycles. The van der Waals surface area contributed by atoms with E-state index in [2.05, 4.69) is 20.9 Å². The van der Waals surface area contributed by atoms with Crippen molar-refractivity contribution in [3.05, 3.63) is 44.5 Å². The highest BCUT2D eigenvalue weighted by Crippen LogP contribution is 2.39. The molecule has 0 amide bonds. The van der Waals surface area contributed by atoms with Gasteiger partial charge in [-0.1, -0.05) is 15.9 Å². The summed E-state index contributed by atoms with van der Waals surface area (Å²) < 4.78 is 5.82. The second-order valence-electron chi connectivity index (χ2n) is 4.16. The molecule has 2 aromatic rings. The molecule has 104 valence electrons. The van der Waals surface area contributed by atoms with Gasteiger partial charge in [-0.3, -0.25) is 10.1 Å². The molecule has 1 heterocycles. The lowest BCUT2D eigenvalue weighted by molar-refractivity contribution is -0.384. The van der Waals surface area contributed by atoms with E-state index in [1.807, 2.05) is 0 Å². The van der Waals surface area contributed by atoms with Crippen LogP contribution in [0.2, 0.25) is 0 Å². The van der Waals surface area contributed by atoms with Gasteiger partial charge in [0.1, 0.15) is 5.69 Å². The zero-order valence-corrected chi connectivity index (χ0v) is 12.5. The topological polar surface area (TPSA) is 91.3 Å². The van der Waals surface area contributed by atoms with Gasteiger partial charge in [0.15, 0.2) is 0 Å². The Balaban J connectivity index is 2.75. The lowest BCUT2D eigenvalue weighted by Crippen LogP contribution is -2.00. The normalized spacial score (nSPS) is 10.3. The number of aryl methyl sites for hydroxylation is 1. The SMILES string of the molecule is COc1nccc(-c2cc(Br)c(C)cc2[N+](=O)[O-])c1N. The quantitative estimate of drug-likeness (QED) is 0.685. The summed E-state index contributed by atoms with van der Waals surface area (Å²) in [6.45, 7) is 1.79. The number of aromatic nitrogens is 1. The average molecular weight is 338 g/mol. The molecule has 6 nitrogen and oxygen atoms in total. The fraction of sp³-hybridized carbons (Fsp3) is 0.154. The molecular weight excluding hydrogens is 326 g/mol. The highest BCUT2D eigenvalue weighted by atomic mass is 79.9. The maximum absolute atomic E-state index is 11.2. The summed E-state index contributed by atoms with van der Waals surface area (Å²) in [5, 5.41) is 11.2. The van der Waals surface area contributed by atoms with Crippen LogP contribution in [0.5, 0.6) is 5.88 Å². The van der Waals surface area contributed by atoms with Crippen molar-refractivity contribution in [3.8, 4) is 17.0 Å². The van der Waals surface area contributed by atoms with Crippen LogP contribution in [0.3, 0.4) is 0 Å². The number of nitrogens with two attached hydrogens (primary N) is 1. The van der Waals surface area contributed by atoms with E-state index in [0.29, 0.717) is 11.1 Å². The Labute approximate surface area is 123 Å². The van der Waals surface area contributed by atoms with Crippen LogP contribution in [0.4, 0.5) is 11.4 Å². The van der Waals surface area contributed by atoms with Crippen LogP contribution in [0, 0.1) is 17.0 Å². The van der Waals surface area contributed by atoms with Gasteiger partial charge in [0.05, 0.1) is 17.6 Å². The Morgan fingerprint density at radius 3 is 2.70 bits per heavy atom. The Bertz CT molecular complexity index is 689. The van der Waals surface area contributed by atoms with Gasteiger partial charge < -0.3 is 10.5 Å². The summed E-state index contributed by atoms with van der Waals surface area (Å²) in [4.78, 5) is 14.8. The van der Waals surface area contributed by atoms with Crippen LogP contribution in [0.25, 0.3) is 11.1 Å². The second kappa shape index (κ2) is 5.46. The molecule has 0 unspecified atom stereocenters. The van der Waals surface area contributed by atoms with Crippen molar-refractivity contribution in [1.82, 2.24) is 4.98 Å². The van der Waals surface area contributed by atoms with Crippen LogP contribution in [0.15, 0.2) is 28.9 Å². The Morgan fingerprint density at radius 2 is 2.10 bits per heavy atom. The number of ether oxygens (including phenoxy) is 1. The number of benzene rings is 1. The summed E-state index contributed by atoms with van der Waals surface area (Å²) in [6.07, 6.45) is 1.50. The van der Waals surface area contributed by atoms with Crippen molar-refractivity contribution in [1.29, 1.82) is 0 Å². The largest absolute Gasteiger partial charge is 0.480 e. The molecule has 20 heavy (non-hydrogen) atoms. The predicted octanol–water partition coefficient (Wildman–Crippen LogP) is 3.32. The van der Waals surface area contributed by atoms with E-state index in [1.165, 1.54) is 19.4 Å². The zero-order chi connectivity index (χ0) is 14.9. The van der Waals surface area contributed by atoms with Crippen LogP contribution in [-0.2, 0) is 0 Å². The molecule has 0 bridgehead atoms. The third-order valence-corrected chi connectivity index (χ3v) is 3.77. The van der Waals surface area contributed by atoms with Crippen LogP contribution < -0.4 is 10.5 Å². The molecule has 0 spiro atoms. The van der Waals surface area contributed by atoms with E-state index in [0.717, 1.165) is 10.0 Å². The summed E-state index contributed by atoms with van der Waals surface area (Å²) in [5.41, 5.74) is 7.94. The molecule has 0 atom stereocenters. The monoisotopic (exact) mass is 337 g/mol. The summed E-state index contributed by atoms with van der Waals surface area (Å²) in [6, 6.07) is 4.81. The summed E-state index contributed by atoms with van der Waals surface area (Å²) in [7, 11) is 1.45. The average Bonchev–Trinajstić information content (AvgIpc) is 2.41. The molecular formula is C13H12BrN3O3. The number of nitrogens with zero attached hydrogens (tertiary/aromatic N) is 2. The third kappa shape index (κ3) is 2.44. The number of anilines is 1. The molecule has 0 aliphatic carbocycles. The smallest absolute Gasteiger partial charge is 0.277 e. The lowest BCUT2D eigenvalue weighted by Gasteiger charge is -2.11. The van der Waals surface area contributed by atoms with E-state index in [-0.39, 0.29) is 17.3 Å². The van der Waals surface area contributed by atoms with Crippen molar-refractivity contribution >= 4 is 27.3 Å². The molecule has 1 aromatic carbocycles. The zero-order valence-electron chi connectivity index (χ0n) is 10.9. The van der Waals surface area contributed by atoms with Crippen molar-refractivity contribution in [2.45, 2.75) is 6.92 Å². The molecule has 0 aliphatic rings. The number of hydrogen-bond donors (Lipinski definition) is 1. The van der Waals surface area contributed by atoms with Gasteiger partial charge in [-0.25, -0.2) is 4.98 Å². The Kier molecular flexibility index (Phi) is 3.89. The van der Waals surface area contributed by atoms with Crippen LogP contribution >= 0.6 is 15.9 Å². The molecule has 7 heteroatoms. The predicted molar refractivity (Wildman–Crippen MR) is 79.7 cm³/mol. The lowest BCUT2D eigenvalue weighted by atomic mass is 10.0. The molecule has 0 radical (unpaired) electrons. The van der Waals surface area contributed by atoms with E-state index in [9.17, 15) is 10.1 Å². The number of methoxy groups -OCH3 is 1. The standard InChI is InChI=1S/C13H12BrN3O3/c1-7-5-11(17(18)19)9(6-10(7)14)8-3-4-16-13(20-2)12(8)15/h3-6H,15H2,1-2H3. The summed E-state index contributed by atoms with van der Waals surface area (Å²) in [5.74, 6) is 0.244. The maximum atomic E-state index is 11.2. The first-order valence-electron chi connectivity index (χ1n) is 5.69. The van der Waals surface area contributed by atoms with E-state index >= 15 is 0 Å². The number of nitro benzene ring substituents is 1. The van der Waals surface area contributed by atoms with Gasteiger partial charge in [-0.05, 0) is 24.6 Å². The van der Waals surface area contributed by atoms with Gasteiger partial charge in [0.2, 0.25) is 5.88 Å². The second-order valence-corrected chi connectivity index (χ2v) is 5.01. The number of rotatable bonds is 3. The van der Waals surface area contributed by atoms with Crippen molar-refractivity contribution < 1.29 is 9.66 Å². The number of nitrogen functional groups attached to an aromatic ring is 1. The molecule has 2 N–H and O–H groups in total. The summed E-state index contributed by atoms with van der Waals surface area (Å²) >= 11 is 3.38. The van der Waals surface area contributed by atoms with Crippen molar-refractivity contribution in [3.63, 3.8) is 0 Å². The molecule has 2 rings (SSSR count). The van der Waals surface area contributed by atoms with Gasteiger partial charge in [0, 0.05) is 22.3 Å². The molecule has 1 aromatic heterocycles. The molecule has 0 aliphatic heterocycles. The van der Waals surface area contributed by atoms with Crippen molar-refractivity contribution in [2.24, 2.45) is 0 Å². The number of pyridine rings is 1. The number of hydrogen-bond acceptors (Lipinski definition) is 5. The van der Waals surface area contributed by atoms with E-state index in [4.69, 9.17) is 10.5 Å². The third-order valence-electron chi connectivity index (χ3n) is 2.91. The van der Waals surface area contributed by atoms with Gasteiger partial charge >= 0.3 is 0 Å². The Hall–Kier alpha value is -2.15. The fourth-order valence-corrected chi connectivity index (χ4v) is 2.23. The first-order chi connectivity index (χ1) is 9.45. The minimum atomic E-state index is -0.429.